The zero-order valence-electron chi connectivity index (χ0n) is 10.9. The maximum Gasteiger partial charge on any atom is 0.325 e. The van der Waals surface area contributed by atoms with Crippen LogP contribution in [0.3, 0.4) is 0 Å². The summed E-state index contributed by atoms with van der Waals surface area (Å²) in [6, 6.07) is 5.72. The van der Waals surface area contributed by atoms with E-state index >= 15 is 0 Å². The molecule has 1 aromatic carbocycles. The van der Waals surface area contributed by atoms with E-state index in [1.165, 1.54) is 0 Å². The van der Waals surface area contributed by atoms with Crippen molar-refractivity contribution in [3.63, 3.8) is 0 Å². The highest BCUT2D eigenvalue weighted by Gasteiger charge is 2.09. The quantitative estimate of drug-likeness (QED) is 0.614. The molecule has 0 atom stereocenters. The fourth-order valence-electron chi connectivity index (χ4n) is 1.33. The van der Waals surface area contributed by atoms with Crippen molar-refractivity contribution in [2.24, 2.45) is 0 Å². The Morgan fingerprint density at radius 3 is 2.30 bits per heavy atom. The number of hydrogen-bond acceptors (Lipinski definition) is 4. The van der Waals surface area contributed by atoms with Crippen LogP contribution >= 0.6 is 11.6 Å². The molecule has 0 heterocycles. The number of nitrogens with one attached hydrogen (secondary N) is 2. The third-order valence-corrected chi connectivity index (χ3v) is 2.53. The molecule has 7 heteroatoms. The van der Waals surface area contributed by atoms with E-state index in [1.54, 1.807) is 31.2 Å². The number of urea groups is 1. The van der Waals surface area contributed by atoms with Gasteiger partial charge in [0.1, 0.15) is 6.54 Å². The molecule has 0 unspecified atom stereocenters. The van der Waals surface area contributed by atoms with Crippen molar-refractivity contribution in [2.75, 3.05) is 19.7 Å². The maximum absolute atomic E-state index is 11.7. The number of carbonyl (C=O) groups excluding carboxylic acids is 3. The number of benzene rings is 1. The van der Waals surface area contributed by atoms with Gasteiger partial charge < -0.3 is 15.4 Å². The molecule has 0 saturated heterocycles. The van der Waals surface area contributed by atoms with E-state index in [9.17, 15) is 14.4 Å². The van der Waals surface area contributed by atoms with Crippen LogP contribution in [0, 0.1) is 0 Å². The molecule has 2 amide bonds. The standard InChI is InChI=1S/C13H15ClN2O4/c1-2-20-12(18)8-16-13(19)15-7-11(17)9-3-5-10(14)6-4-9/h3-6H,2,7-8H2,1H3,(H2,15,16,19). The van der Waals surface area contributed by atoms with Crippen molar-refractivity contribution < 1.29 is 19.1 Å². The summed E-state index contributed by atoms with van der Waals surface area (Å²) >= 11 is 5.71. The number of hydrogen-bond donors (Lipinski definition) is 2. The van der Waals surface area contributed by atoms with Gasteiger partial charge in [0.25, 0.3) is 0 Å². The summed E-state index contributed by atoms with van der Waals surface area (Å²) in [5.74, 6) is -0.792. The van der Waals surface area contributed by atoms with Gasteiger partial charge in [-0.2, -0.15) is 0 Å². The van der Waals surface area contributed by atoms with E-state index < -0.39 is 12.0 Å². The van der Waals surface area contributed by atoms with Gasteiger partial charge in [0.2, 0.25) is 0 Å². The largest absolute Gasteiger partial charge is 0.465 e. The molecule has 0 aromatic heterocycles. The molecule has 1 rings (SSSR count). The third kappa shape index (κ3) is 5.71. The lowest BCUT2D eigenvalue weighted by atomic mass is 10.1. The van der Waals surface area contributed by atoms with Crippen LogP contribution in [0.4, 0.5) is 4.79 Å². The molecular weight excluding hydrogens is 284 g/mol. The first-order chi connectivity index (χ1) is 9.52. The van der Waals surface area contributed by atoms with Crippen LogP contribution in [-0.2, 0) is 9.53 Å². The van der Waals surface area contributed by atoms with Crippen LogP contribution in [0.5, 0.6) is 0 Å². The van der Waals surface area contributed by atoms with Crippen molar-refractivity contribution in [1.29, 1.82) is 0 Å². The van der Waals surface area contributed by atoms with Crippen molar-refractivity contribution in [1.82, 2.24) is 10.6 Å². The Bertz CT molecular complexity index is 488. The van der Waals surface area contributed by atoms with E-state index in [1.807, 2.05) is 0 Å². The Labute approximate surface area is 121 Å². The Balaban J connectivity index is 2.32. The van der Waals surface area contributed by atoms with Gasteiger partial charge in [-0.3, -0.25) is 9.59 Å². The van der Waals surface area contributed by atoms with E-state index in [4.69, 9.17) is 11.6 Å². The van der Waals surface area contributed by atoms with Crippen LogP contribution in [0.25, 0.3) is 0 Å². The molecule has 0 saturated carbocycles. The molecule has 0 spiro atoms. The normalized spacial score (nSPS) is 9.70. The summed E-state index contributed by atoms with van der Waals surface area (Å²) in [6.07, 6.45) is 0. The fourth-order valence-corrected chi connectivity index (χ4v) is 1.45. The summed E-state index contributed by atoms with van der Waals surface area (Å²) in [7, 11) is 0. The summed E-state index contributed by atoms with van der Waals surface area (Å²) in [6.45, 7) is 1.50. The van der Waals surface area contributed by atoms with Gasteiger partial charge in [-0.1, -0.05) is 11.6 Å². The predicted octanol–water partition coefficient (Wildman–Crippen LogP) is 1.39. The number of amides is 2. The van der Waals surface area contributed by atoms with E-state index in [0.29, 0.717) is 10.6 Å². The molecule has 108 valence electrons. The fraction of sp³-hybridized carbons (Fsp3) is 0.308. The number of rotatable bonds is 6. The average molecular weight is 299 g/mol. The summed E-state index contributed by atoms with van der Waals surface area (Å²) < 4.78 is 4.64. The molecule has 0 aliphatic heterocycles. The van der Waals surface area contributed by atoms with Crippen LogP contribution < -0.4 is 10.6 Å². The highest BCUT2D eigenvalue weighted by atomic mass is 35.5. The smallest absolute Gasteiger partial charge is 0.325 e. The van der Waals surface area contributed by atoms with Crippen LogP contribution in [-0.4, -0.2) is 37.5 Å². The minimum Gasteiger partial charge on any atom is -0.465 e. The first kappa shape index (κ1) is 16.0. The van der Waals surface area contributed by atoms with Crippen LogP contribution in [0.2, 0.25) is 5.02 Å². The molecule has 0 radical (unpaired) electrons. The molecule has 0 bridgehead atoms. The van der Waals surface area contributed by atoms with Gasteiger partial charge >= 0.3 is 12.0 Å². The van der Waals surface area contributed by atoms with Gasteiger partial charge in [0.05, 0.1) is 13.2 Å². The number of ether oxygens (including phenoxy) is 1. The molecule has 2 N–H and O–H groups in total. The Morgan fingerprint density at radius 1 is 1.10 bits per heavy atom. The number of Topliss-reactive ketones (excluding diaryl/α,β-unsaturated/α-hetero) is 1. The van der Waals surface area contributed by atoms with E-state index in [0.717, 1.165) is 0 Å². The summed E-state index contributed by atoms with van der Waals surface area (Å²) in [5.41, 5.74) is 0.445. The van der Waals surface area contributed by atoms with Crippen molar-refractivity contribution in [2.45, 2.75) is 6.92 Å². The zero-order valence-corrected chi connectivity index (χ0v) is 11.7. The number of ketones is 1. The topological polar surface area (TPSA) is 84.5 Å². The van der Waals surface area contributed by atoms with Crippen LogP contribution in [0.1, 0.15) is 17.3 Å². The van der Waals surface area contributed by atoms with Gasteiger partial charge in [-0.15, -0.1) is 0 Å². The average Bonchev–Trinajstić information content (AvgIpc) is 2.43. The molecule has 1 aromatic rings. The van der Waals surface area contributed by atoms with Gasteiger partial charge in [-0.05, 0) is 31.2 Å². The molecule has 0 aliphatic carbocycles. The minimum absolute atomic E-state index is 0.170. The monoisotopic (exact) mass is 298 g/mol. The first-order valence-electron chi connectivity index (χ1n) is 5.99. The number of halogens is 1. The molecular formula is C13H15ClN2O4. The first-order valence-corrected chi connectivity index (χ1v) is 6.36. The van der Waals surface area contributed by atoms with Crippen LogP contribution in [0.15, 0.2) is 24.3 Å². The number of carbonyl (C=O) groups is 3. The Hall–Kier alpha value is -2.08. The summed E-state index contributed by atoms with van der Waals surface area (Å²) in [5, 5.41) is 5.17. The zero-order chi connectivity index (χ0) is 15.0. The highest BCUT2D eigenvalue weighted by molar-refractivity contribution is 6.30. The van der Waals surface area contributed by atoms with Gasteiger partial charge in [0, 0.05) is 10.6 Å². The lowest BCUT2D eigenvalue weighted by Crippen LogP contribution is -2.41. The SMILES string of the molecule is CCOC(=O)CNC(=O)NCC(=O)c1ccc(Cl)cc1. The summed E-state index contributed by atoms with van der Waals surface area (Å²) in [4.78, 5) is 34.1. The van der Waals surface area contributed by atoms with E-state index in [-0.39, 0.29) is 25.5 Å². The van der Waals surface area contributed by atoms with Crippen molar-refractivity contribution >= 4 is 29.4 Å². The molecule has 0 aliphatic rings. The second-order valence-corrected chi connectivity index (χ2v) is 4.21. The lowest BCUT2D eigenvalue weighted by Gasteiger charge is -2.07. The second-order valence-electron chi connectivity index (χ2n) is 3.77. The van der Waals surface area contributed by atoms with Gasteiger partial charge in [-0.25, -0.2) is 4.79 Å². The van der Waals surface area contributed by atoms with Gasteiger partial charge in [0.15, 0.2) is 5.78 Å². The van der Waals surface area contributed by atoms with Crippen molar-refractivity contribution in [3.05, 3.63) is 34.9 Å². The molecule has 0 fully saturated rings. The minimum atomic E-state index is -0.611. The third-order valence-electron chi connectivity index (χ3n) is 2.27. The molecule has 6 nitrogen and oxygen atoms in total. The Morgan fingerprint density at radius 2 is 1.70 bits per heavy atom. The highest BCUT2D eigenvalue weighted by Crippen LogP contribution is 2.09. The number of esters is 1. The second kappa shape index (κ2) is 8.16. The van der Waals surface area contributed by atoms with E-state index in [2.05, 4.69) is 15.4 Å². The Kier molecular flexibility index (Phi) is 6.52. The molecule has 20 heavy (non-hydrogen) atoms. The lowest BCUT2D eigenvalue weighted by molar-refractivity contribution is -0.141. The predicted molar refractivity (Wildman–Crippen MR) is 73.8 cm³/mol. The maximum atomic E-state index is 11.7. The van der Waals surface area contributed by atoms with Crippen molar-refractivity contribution in [3.8, 4) is 0 Å².